The molecule has 0 aromatic heterocycles. The first-order chi connectivity index (χ1) is 6.77. The Hall–Kier alpha value is -1.15. The van der Waals surface area contributed by atoms with Crippen LogP contribution in [0.25, 0.3) is 0 Å². The largest absolute Gasteiger partial charge is 0.374 e. The third-order valence-electron chi connectivity index (χ3n) is 2.09. The van der Waals surface area contributed by atoms with Gasteiger partial charge in [-0.2, -0.15) is 0 Å². The van der Waals surface area contributed by atoms with E-state index >= 15 is 0 Å². The van der Waals surface area contributed by atoms with Crippen molar-refractivity contribution < 1.29 is 9.53 Å². The van der Waals surface area contributed by atoms with E-state index in [9.17, 15) is 4.79 Å². The number of ether oxygens (including phenoxy) is 1. The number of benzene rings is 1. The lowest BCUT2D eigenvalue weighted by atomic mass is 10.1. The zero-order chi connectivity index (χ0) is 10.4. The van der Waals surface area contributed by atoms with Gasteiger partial charge >= 0.3 is 0 Å². The minimum Gasteiger partial charge on any atom is -0.374 e. The van der Waals surface area contributed by atoms with Crippen molar-refractivity contribution in [3.63, 3.8) is 0 Å². The third kappa shape index (κ3) is 2.96. The molecule has 2 nitrogen and oxygen atoms in total. The van der Waals surface area contributed by atoms with Gasteiger partial charge < -0.3 is 4.74 Å². The summed E-state index contributed by atoms with van der Waals surface area (Å²) in [6.07, 6.45) is 0.954. The molecule has 0 aliphatic heterocycles. The van der Waals surface area contributed by atoms with Crippen LogP contribution in [0, 0.1) is 0 Å². The van der Waals surface area contributed by atoms with E-state index in [0.29, 0.717) is 6.61 Å². The molecule has 1 rings (SSSR count). The highest BCUT2D eigenvalue weighted by Crippen LogP contribution is 2.06. The van der Waals surface area contributed by atoms with Crippen LogP contribution in [0.2, 0.25) is 0 Å². The van der Waals surface area contributed by atoms with Crippen LogP contribution < -0.4 is 0 Å². The number of ketones is 1. The monoisotopic (exact) mass is 192 g/mol. The maximum atomic E-state index is 11.5. The molecule has 0 N–H and O–H groups in total. The minimum atomic E-state index is 0.0575. The molecule has 0 amide bonds. The van der Waals surface area contributed by atoms with Crippen molar-refractivity contribution in [1.29, 1.82) is 0 Å². The highest BCUT2D eigenvalue weighted by molar-refractivity contribution is 5.97. The van der Waals surface area contributed by atoms with Gasteiger partial charge in [0, 0.05) is 12.2 Å². The van der Waals surface area contributed by atoms with Gasteiger partial charge in [-0.05, 0) is 25.0 Å². The number of aryl methyl sites for hydroxylation is 1. The quantitative estimate of drug-likeness (QED) is 0.670. The molecule has 0 spiro atoms. The molecule has 0 radical (unpaired) electrons. The third-order valence-corrected chi connectivity index (χ3v) is 2.09. The average molecular weight is 192 g/mol. The topological polar surface area (TPSA) is 26.3 Å². The Bertz CT molecular complexity index is 305. The highest BCUT2D eigenvalue weighted by Gasteiger charge is 2.05. The number of hydrogen-bond acceptors (Lipinski definition) is 2. The summed E-state index contributed by atoms with van der Waals surface area (Å²) in [6, 6.07) is 7.71. The number of carbonyl (C=O) groups is 1. The van der Waals surface area contributed by atoms with Crippen LogP contribution in [-0.2, 0) is 11.2 Å². The first-order valence-corrected chi connectivity index (χ1v) is 4.97. The summed E-state index contributed by atoms with van der Waals surface area (Å²) in [5, 5.41) is 0. The summed E-state index contributed by atoms with van der Waals surface area (Å²) in [5.74, 6) is 0.0575. The molecule has 0 unspecified atom stereocenters. The first kappa shape index (κ1) is 10.9. The van der Waals surface area contributed by atoms with Gasteiger partial charge in [-0.3, -0.25) is 4.79 Å². The fourth-order valence-corrected chi connectivity index (χ4v) is 1.24. The second kappa shape index (κ2) is 5.55. The second-order valence-electron chi connectivity index (χ2n) is 3.11. The summed E-state index contributed by atoms with van der Waals surface area (Å²) in [5.41, 5.74) is 1.94. The molecule has 0 fully saturated rings. The molecule has 0 aliphatic rings. The second-order valence-corrected chi connectivity index (χ2v) is 3.11. The van der Waals surface area contributed by atoms with Crippen LogP contribution in [0.1, 0.15) is 29.8 Å². The van der Waals surface area contributed by atoms with Gasteiger partial charge in [-0.1, -0.05) is 25.1 Å². The van der Waals surface area contributed by atoms with Crippen molar-refractivity contribution >= 4 is 5.78 Å². The van der Waals surface area contributed by atoms with Crippen LogP contribution in [0.4, 0.5) is 0 Å². The van der Waals surface area contributed by atoms with Crippen LogP contribution >= 0.6 is 0 Å². The number of carbonyl (C=O) groups excluding carboxylic acids is 1. The molecule has 0 atom stereocenters. The van der Waals surface area contributed by atoms with Crippen LogP contribution in [0.3, 0.4) is 0 Å². The molecular formula is C12H16O2. The van der Waals surface area contributed by atoms with E-state index in [1.165, 1.54) is 5.56 Å². The van der Waals surface area contributed by atoms with E-state index < -0.39 is 0 Å². The van der Waals surface area contributed by atoms with Gasteiger partial charge in [-0.15, -0.1) is 0 Å². The van der Waals surface area contributed by atoms with Gasteiger partial charge in [0.25, 0.3) is 0 Å². The lowest BCUT2D eigenvalue weighted by Crippen LogP contribution is -2.09. The smallest absolute Gasteiger partial charge is 0.188 e. The minimum absolute atomic E-state index is 0.0575. The fourth-order valence-electron chi connectivity index (χ4n) is 1.24. The van der Waals surface area contributed by atoms with Crippen LogP contribution in [0.15, 0.2) is 24.3 Å². The predicted molar refractivity (Wildman–Crippen MR) is 56.6 cm³/mol. The van der Waals surface area contributed by atoms with E-state index in [0.717, 1.165) is 12.0 Å². The summed E-state index contributed by atoms with van der Waals surface area (Å²) < 4.78 is 5.07. The predicted octanol–water partition coefficient (Wildman–Crippen LogP) is 2.47. The Balaban J connectivity index is 2.69. The Morgan fingerprint density at radius 3 is 2.79 bits per heavy atom. The molecule has 0 saturated carbocycles. The molecular weight excluding hydrogens is 176 g/mol. The van der Waals surface area contributed by atoms with Gasteiger partial charge in [0.15, 0.2) is 5.78 Å². The van der Waals surface area contributed by atoms with Crippen molar-refractivity contribution in [2.24, 2.45) is 0 Å². The summed E-state index contributed by atoms with van der Waals surface area (Å²) >= 11 is 0. The Morgan fingerprint density at radius 1 is 1.36 bits per heavy atom. The maximum absolute atomic E-state index is 11.5. The molecule has 0 saturated heterocycles. The SMILES string of the molecule is CCOCC(=O)c1cccc(CC)c1. The first-order valence-electron chi connectivity index (χ1n) is 4.97. The summed E-state index contributed by atoms with van der Waals surface area (Å²) in [7, 11) is 0. The van der Waals surface area contributed by atoms with E-state index in [-0.39, 0.29) is 12.4 Å². The maximum Gasteiger partial charge on any atom is 0.188 e. The normalized spacial score (nSPS) is 10.1. The van der Waals surface area contributed by atoms with Crippen molar-refractivity contribution in [2.45, 2.75) is 20.3 Å². The van der Waals surface area contributed by atoms with Crippen molar-refractivity contribution in [2.75, 3.05) is 13.2 Å². The Kier molecular flexibility index (Phi) is 4.33. The molecule has 1 aromatic rings. The lowest BCUT2D eigenvalue weighted by Gasteiger charge is -2.02. The Morgan fingerprint density at radius 2 is 2.14 bits per heavy atom. The molecule has 76 valence electrons. The van der Waals surface area contributed by atoms with E-state index in [4.69, 9.17) is 4.74 Å². The average Bonchev–Trinajstić information content (AvgIpc) is 2.26. The zero-order valence-corrected chi connectivity index (χ0v) is 8.75. The standard InChI is InChI=1S/C12H16O2/c1-3-10-6-5-7-11(8-10)12(13)9-14-4-2/h5-8H,3-4,9H2,1-2H3. The molecule has 0 heterocycles. The number of Topliss-reactive ketones (excluding diaryl/α,β-unsaturated/α-hetero) is 1. The summed E-state index contributed by atoms with van der Waals surface area (Å²) in [6.45, 7) is 4.73. The van der Waals surface area contributed by atoms with E-state index in [1.54, 1.807) is 0 Å². The van der Waals surface area contributed by atoms with Crippen LogP contribution in [0.5, 0.6) is 0 Å². The number of rotatable bonds is 5. The van der Waals surface area contributed by atoms with Crippen LogP contribution in [-0.4, -0.2) is 19.0 Å². The van der Waals surface area contributed by atoms with Crippen molar-refractivity contribution in [3.05, 3.63) is 35.4 Å². The molecule has 1 aromatic carbocycles. The van der Waals surface area contributed by atoms with Gasteiger partial charge in [0.2, 0.25) is 0 Å². The van der Waals surface area contributed by atoms with Gasteiger partial charge in [0.1, 0.15) is 6.61 Å². The molecule has 2 heteroatoms. The summed E-state index contributed by atoms with van der Waals surface area (Å²) in [4.78, 5) is 11.5. The Labute approximate surface area is 84.9 Å². The van der Waals surface area contributed by atoms with Crippen molar-refractivity contribution in [3.8, 4) is 0 Å². The van der Waals surface area contributed by atoms with Crippen molar-refractivity contribution in [1.82, 2.24) is 0 Å². The zero-order valence-electron chi connectivity index (χ0n) is 8.75. The highest BCUT2D eigenvalue weighted by atomic mass is 16.5. The fraction of sp³-hybridized carbons (Fsp3) is 0.417. The van der Waals surface area contributed by atoms with Gasteiger partial charge in [-0.25, -0.2) is 0 Å². The number of hydrogen-bond donors (Lipinski definition) is 0. The molecule has 0 bridgehead atoms. The van der Waals surface area contributed by atoms with Gasteiger partial charge in [0.05, 0.1) is 0 Å². The van der Waals surface area contributed by atoms with E-state index in [2.05, 4.69) is 6.92 Å². The van der Waals surface area contributed by atoms with E-state index in [1.807, 2.05) is 31.2 Å². The molecule has 0 aliphatic carbocycles. The molecule has 14 heavy (non-hydrogen) atoms. The lowest BCUT2D eigenvalue weighted by molar-refractivity contribution is 0.0783.